The summed E-state index contributed by atoms with van der Waals surface area (Å²) in [5.41, 5.74) is 0. The van der Waals surface area contributed by atoms with E-state index in [2.05, 4.69) is 33.4 Å². The Labute approximate surface area is 71.8 Å². The second-order valence-corrected chi connectivity index (χ2v) is 3.13. The fourth-order valence-electron chi connectivity index (χ4n) is 0.971. The Balaban J connectivity index is 0. The van der Waals surface area contributed by atoms with Gasteiger partial charge in [0.1, 0.15) is 0 Å². The van der Waals surface area contributed by atoms with Gasteiger partial charge in [0, 0.05) is 5.25 Å². The molecule has 10 heavy (non-hydrogen) atoms. The molecule has 0 aliphatic heterocycles. The Kier molecular flexibility index (Phi) is 12.1. The normalized spacial score (nSPS) is 12.3. The molecule has 0 radical (unpaired) electrons. The topological polar surface area (TPSA) is 0 Å². The summed E-state index contributed by atoms with van der Waals surface area (Å²) in [5, 5.41) is 0.574. The van der Waals surface area contributed by atoms with E-state index in [4.69, 9.17) is 0 Å². The summed E-state index contributed by atoms with van der Waals surface area (Å²) in [4.78, 5) is 0. The van der Waals surface area contributed by atoms with Crippen molar-refractivity contribution in [2.75, 3.05) is 0 Å². The SMILES string of the molecule is CC.CCC(CC)C(C)S. The largest absolute Gasteiger partial charge is 0.176 e. The third kappa shape index (κ3) is 6.47. The summed E-state index contributed by atoms with van der Waals surface area (Å²) in [6.07, 6.45) is 2.53. The molecule has 0 aromatic heterocycles. The number of rotatable bonds is 3. The lowest BCUT2D eigenvalue weighted by Gasteiger charge is -2.14. The van der Waals surface area contributed by atoms with E-state index >= 15 is 0 Å². The van der Waals surface area contributed by atoms with Crippen LogP contribution >= 0.6 is 12.6 Å². The lowest BCUT2D eigenvalue weighted by atomic mass is 10.0. The van der Waals surface area contributed by atoms with Crippen molar-refractivity contribution in [2.45, 2.75) is 52.7 Å². The summed E-state index contributed by atoms with van der Waals surface area (Å²) < 4.78 is 0. The maximum Gasteiger partial charge on any atom is 0.00165 e. The molecule has 0 fully saturated rings. The van der Waals surface area contributed by atoms with E-state index in [9.17, 15) is 0 Å². The molecule has 0 bridgehead atoms. The molecular weight excluding hydrogens is 140 g/mol. The molecule has 64 valence electrons. The minimum absolute atomic E-state index is 0.574. The van der Waals surface area contributed by atoms with Gasteiger partial charge in [-0.25, -0.2) is 0 Å². The van der Waals surface area contributed by atoms with Crippen LogP contribution in [0.2, 0.25) is 0 Å². The van der Waals surface area contributed by atoms with Crippen LogP contribution in [0.4, 0.5) is 0 Å². The molecular formula is C9H22S. The summed E-state index contributed by atoms with van der Waals surface area (Å²) in [5.74, 6) is 0.818. The molecule has 0 saturated carbocycles. The van der Waals surface area contributed by atoms with Crippen molar-refractivity contribution in [1.29, 1.82) is 0 Å². The molecule has 0 aliphatic carbocycles. The Morgan fingerprint density at radius 1 is 1.10 bits per heavy atom. The monoisotopic (exact) mass is 162 g/mol. The van der Waals surface area contributed by atoms with Gasteiger partial charge in [0.25, 0.3) is 0 Å². The molecule has 0 amide bonds. The van der Waals surface area contributed by atoms with Crippen LogP contribution in [-0.2, 0) is 0 Å². The highest BCUT2D eigenvalue weighted by Crippen LogP contribution is 2.16. The van der Waals surface area contributed by atoms with Crippen molar-refractivity contribution < 1.29 is 0 Å². The predicted octanol–water partition coefficient (Wildman–Crippen LogP) is 3.77. The highest BCUT2D eigenvalue weighted by Gasteiger charge is 2.07. The van der Waals surface area contributed by atoms with Crippen LogP contribution in [0.1, 0.15) is 47.5 Å². The van der Waals surface area contributed by atoms with Crippen LogP contribution < -0.4 is 0 Å². The van der Waals surface area contributed by atoms with E-state index in [-0.39, 0.29) is 0 Å². The first kappa shape index (κ1) is 13.0. The average molecular weight is 162 g/mol. The predicted molar refractivity (Wildman–Crippen MR) is 53.9 cm³/mol. The van der Waals surface area contributed by atoms with Crippen molar-refractivity contribution in [3.05, 3.63) is 0 Å². The van der Waals surface area contributed by atoms with E-state index in [1.807, 2.05) is 13.8 Å². The van der Waals surface area contributed by atoms with Gasteiger partial charge in [-0.2, -0.15) is 12.6 Å². The highest BCUT2D eigenvalue weighted by atomic mass is 32.1. The van der Waals surface area contributed by atoms with Crippen LogP contribution in [0.3, 0.4) is 0 Å². The Morgan fingerprint density at radius 2 is 1.40 bits per heavy atom. The van der Waals surface area contributed by atoms with Gasteiger partial charge in [-0.3, -0.25) is 0 Å². The lowest BCUT2D eigenvalue weighted by Crippen LogP contribution is -2.08. The smallest absolute Gasteiger partial charge is 0.00165 e. The van der Waals surface area contributed by atoms with Gasteiger partial charge in [0.05, 0.1) is 0 Å². The average Bonchev–Trinajstić information content (AvgIpc) is 1.94. The molecule has 0 heterocycles. The summed E-state index contributed by atoms with van der Waals surface area (Å²) >= 11 is 4.35. The van der Waals surface area contributed by atoms with Gasteiger partial charge in [0.15, 0.2) is 0 Å². The Hall–Kier alpha value is 0.350. The number of hydrogen-bond donors (Lipinski definition) is 1. The Morgan fingerprint density at radius 3 is 1.40 bits per heavy atom. The van der Waals surface area contributed by atoms with Crippen molar-refractivity contribution in [3.63, 3.8) is 0 Å². The van der Waals surface area contributed by atoms with E-state index in [1.54, 1.807) is 0 Å². The highest BCUT2D eigenvalue weighted by molar-refractivity contribution is 7.80. The third-order valence-corrected chi connectivity index (χ3v) is 2.15. The number of hydrogen-bond acceptors (Lipinski definition) is 1. The summed E-state index contributed by atoms with van der Waals surface area (Å²) in [6.45, 7) is 10.6. The molecule has 0 saturated heterocycles. The zero-order valence-corrected chi connectivity index (χ0v) is 8.91. The third-order valence-electron chi connectivity index (χ3n) is 1.73. The van der Waals surface area contributed by atoms with E-state index in [1.165, 1.54) is 12.8 Å². The zero-order valence-electron chi connectivity index (χ0n) is 8.02. The first-order chi connectivity index (χ1) is 4.72. The fraction of sp³-hybridized carbons (Fsp3) is 1.00. The second-order valence-electron chi connectivity index (χ2n) is 2.32. The first-order valence-electron chi connectivity index (χ1n) is 4.40. The molecule has 0 aliphatic rings. The Bertz CT molecular complexity index is 46.7. The first-order valence-corrected chi connectivity index (χ1v) is 4.92. The van der Waals surface area contributed by atoms with Crippen LogP contribution in [-0.4, -0.2) is 5.25 Å². The van der Waals surface area contributed by atoms with Gasteiger partial charge >= 0.3 is 0 Å². The minimum atomic E-state index is 0.574. The van der Waals surface area contributed by atoms with Gasteiger partial charge in [0.2, 0.25) is 0 Å². The fourth-order valence-corrected chi connectivity index (χ4v) is 1.39. The quantitative estimate of drug-likeness (QED) is 0.600. The molecule has 0 rings (SSSR count). The molecule has 0 aromatic rings. The molecule has 0 aromatic carbocycles. The van der Waals surface area contributed by atoms with Crippen molar-refractivity contribution in [2.24, 2.45) is 5.92 Å². The molecule has 0 N–H and O–H groups in total. The maximum absolute atomic E-state index is 4.35. The van der Waals surface area contributed by atoms with E-state index < -0.39 is 0 Å². The molecule has 1 atom stereocenters. The van der Waals surface area contributed by atoms with Crippen molar-refractivity contribution in [1.82, 2.24) is 0 Å². The van der Waals surface area contributed by atoms with Crippen LogP contribution in [0.5, 0.6) is 0 Å². The van der Waals surface area contributed by atoms with Gasteiger partial charge in [-0.1, -0.05) is 47.5 Å². The maximum atomic E-state index is 4.35. The van der Waals surface area contributed by atoms with Crippen LogP contribution in [0, 0.1) is 5.92 Å². The van der Waals surface area contributed by atoms with Crippen molar-refractivity contribution in [3.8, 4) is 0 Å². The molecule has 1 unspecified atom stereocenters. The summed E-state index contributed by atoms with van der Waals surface area (Å²) in [7, 11) is 0. The van der Waals surface area contributed by atoms with Gasteiger partial charge < -0.3 is 0 Å². The van der Waals surface area contributed by atoms with Crippen molar-refractivity contribution >= 4 is 12.6 Å². The van der Waals surface area contributed by atoms with Crippen LogP contribution in [0.25, 0.3) is 0 Å². The minimum Gasteiger partial charge on any atom is -0.176 e. The van der Waals surface area contributed by atoms with E-state index in [0.717, 1.165) is 5.92 Å². The van der Waals surface area contributed by atoms with E-state index in [0.29, 0.717) is 5.25 Å². The van der Waals surface area contributed by atoms with Gasteiger partial charge in [-0.05, 0) is 5.92 Å². The molecule has 1 heteroatoms. The van der Waals surface area contributed by atoms with Gasteiger partial charge in [-0.15, -0.1) is 0 Å². The standard InChI is InChI=1S/C7H16S.C2H6/c1-4-7(5-2)6(3)8;1-2/h6-8H,4-5H2,1-3H3;1-2H3. The number of thiol groups is 1. The lowest BCUT2D eigenvalue weighted by molar-refractivity contribution is 0.491. The van der Waals surface area contributed by atoms with Crippen LogP contribution in [0.15, 0.2) is 0 Å². The molecule has 0 spiro atoms. The summed E-state index contributed by atoms with van der Waals surface area (Å²) in [6, 6.07) is 0. The zero-order chi connectivity index (χ0) is 8.57. The molecule has 0 nitrogen and oxygen atoms in total. The second kappa shape index (κ2) is 9.35.